The van der Waals surface area contributed by atoms with Crippen LogP contribution in [0.2, 0.25) is 0 Å². The van der Waals surface area contributed by atoms with Crippen LogP contribution in [0.15, 0.2) is 30.4 Å². The number of hydrogen-bond acceptors (Lipinski definition) is 1. The highest BCUT2D eigenvalue weighted by Crippen LogP contribution is 2.26. The molecule has 0 bridgehead atoms. The van der Waals surface area contributed by atoms with Crippen LogP contribution in [-0.2, 0) is 6.42 Å². The summed E-state index contributed by atoms with van der Waals surface area (Å²) >= 11 is 0. The van der Waals surface area contributed by atoms with Crippen LogP contribution in [0.4, 0.5) is 0 Å². The normalized spacial score (nSPS) is 15.2. The maximum absolute atomic E-state index is 5.52. The molecule has 0 radical (unpaired) electrons. The van der Waals surface area contributed by atoms with Gasteiger partial charge < -0.3 is 4.74 Å². The van der Waals surface area contributed by atoms with Crippen LogP contribution >= 0.6 is 0 Å². The van der Waals surface area contributed by atoms with Gasteiger partial charge in [-0.2, -0.15) is 0 Å². The molecule has 1 aliphatic heterocycles. The molecular formula is C11H12O. The molecule has 0 atom stereocenters. The second-order valence-electron chi connectivity index (χ2n) is 3.33. The SMILES string of the molecule is C=C1COc2cc(C)ccc2C1. The van der Waals surface area contributed by atoms with Crippen LogP contribution in [-0.4, -0.2) is 6.61 Å². The van der Waals surface area contributed by atoms with E-state index in [1.165, 1.54) is 11.1 Å². The molecule has 12 heavy (non-hydrogen) atoms. The molecule has 0 fully saturated rings. The molecule has 1 nitrogen and oxygen atoms in total. The van der Waals surface area contributed by atoms with Gasteiger partial charge in [0.2, 0.25) is 0 Å². The molecule has 0 aromatic heterocycles. The van der Waals surface area contributed by atoms with E-state index >= 15 is 0 Å². The monoisotopic (exact) mass is 160 g/mol. The van der Waals surface area contributed by atoms with Crippen molar-refractivity contribution in [1.82, 2.24) is 0 Å². The number of hydrogen-bond donors (Lipinski definition) is 0. The van der Waals surface area contributed by atoms with Crippen LogP contribution in [0.25, 0.3) is 0 Å². The van der Waals surface area contributed by atoms with Gasteiger partial charge in [0.05, 0.1) is 0 Å². The fourth-order valence-corrected chi connectivity index (χ4v) is 1.44. The smallest absolute Gasteiger partial charge is 0.123 e. The highest BCUT2D eigenvalue weighted by atomic mass is 16.5. The Morgan fingerprint density at radius 2 is 2.25 bits per heavy atom. The van der Waals surface area contributed by atoms with Gasteiger partial charge in [0.15, 0.2) is 0 Å². The molecule has 0 amide bonds. The van der Waals surface area contributed by atoms with Gasteiger partial charge >= 0.3 is 0 Å². The minimum atomic E-state index is 0.677. The summed E-state index contributed by atoms with van der Waals surface area (Å²) in [5.74, 6) is 1.03. The van der Waals surface area contributed by atoms with Crippen molar-refractivity contribution in [3.05, 3.63) is 41.5 Å². The molecule has 1 aromatic carbocycles. The average molecular weight is 160 g/mol. The molecule has 0 aliphatic carbocycles. The van der Waals surface area contributed by atoms with Gasteiger partial charge in [-0.15, -0.1) is 0 Å². The van der Waals surface area contributed by atoms with Crippen molar-refractivity contribution in [2.75, 3.05) is 6.61 Å². The van der Waals surface area contributed by atoms with Crippen molar-refractivity contribution in [2.45, 2.75) is 13.3 Å². The van der Waals surface area contributed by atoms with E-state index in [1.807, 2.05) is 0 Å². The first-order chi connectivity index (χ1) is 5.75. The van der Waals surface area contributed by atoms with Crippen molar-refractivity contribution in [1.29, 1.82) is 0 Å². The summed E-state index contributed by atoms with van der Waals surface area (Å²) in [7, 11) is 0. The van der Waals surface area contributed by atoms with Crippen LogP contribution in [0.1, 0.15) is 11.1 Å². The Bertz CT molecular complexity index is 326. The van der Waals surface area contributed by atoms with Crippen molar-refractivity contribution in [3.63, 3.8) is 0 Å². The highest BCUT2D eigenvalue weighted by molar-refractivity contribution is 5.41. The van der Waals surface area contributed by atoms with Crippen molar-refractivity contribution in [3.8, 4) is 5.75 Å². The van der Waals surface area contributed by atoms with Crippen LogP contribution in [0.3, 0.4) is 0 Å². The third-order valence-electron chi connectivity index (χ3n) is 2.09. The van der Waals surface area contributed by atoms with Gasteiger partial charge in [0.25, 0.3) is 0 Å². The second kappa shape index (κ2) is 2.67. The minimum absolute atomic E-state index is 0.677. The highest BCUT2D eigenvalue weighted by Gasteiger charge is 2.11. The van der Waals surface area contributed by atoms with E-state index < -0.39 is 0 Å². The maximum Gasteiger partial charge on any atom is 0.123 e. The molecule has 1 aromatic rings. The molecule has 1 heteroatoms. The number of rotatable bonds is 0. The third-order valence-corrected chi connectivity index (χ3v) is 2.09. The standard InChI is InChI=1S/C11H12O/c1-8-3-4-10-5-9(2)7-12-11(10)6-8/h3-4,6H,2,5,7H2,1H3. The Kier molecular flexibility index (Phi) is 1.65. The first-order valence-electron chi connectivity index (χ1n) is 4.15. The molecule has 0 N–H and O–H groups in total. The number of ether oxygens (including phenoxy) is 1. The van der Waals surface area contributed by atoms with E-state index in [1.54, 1.807) is 0 Å². The predicted molar refractivity (Wildman–Crippen MR) is 49.5 cm³/mol. The molecular weight excluding hydrogens is 148 g/mol. The molecule has 0 saturated carbocycles. The lowest BCUT2D eigenvalue weighted by atomic mass is 10.0. The van der Waals surface area contributed by atoms with Crippen molar-refractivity contribution >= 4 is 0 Å². The van der Waals surface area contributed by atoms with E-state index in [4.69, 9.17) is 4.74 Å². The Morgan fingerprint density at radius 1 is 1.42 bits per heavy atom. The lowest BCUT2D eigenvalue weighted by Crippen LogP contribution is -2.10. The zero-order valence-electron chi connectivity index (χ0n) is 7.26. The summed E-state index contributed by atoms with van der Waals surface area (Å²) in [5.41, 5.74) is 3.67. The quantitative estimate of drug-likeness (QED) is 0.530. The second-order valence-corrected chi connectivity index (χ2v) is 3.33. The van der Waals surface area contributed by atoms with Gasteiger partial charge in [-0.05, 0) is 29.7 Å². The molecule has 0 spiro atoms. The first-order valence-corrected chi connectivity index (χ1v) is 4.15. The third kappa shape index (κ3) is 1.22. The topological polar surface area (TPSA) is 9.23 Å². The number of fused-ring (bicyclic) bond motifs is 1. The zero-order valence-corrected chi connectivity index (χ0v) is 7.26. The van der Waals surface area contributed by atoms with E-state index in [9.17, 15) is 0 Å². The Hall–Kier alpha value is -1.24. The largest absolute Gasteiger partial charge is 0.489 e. The molecule has 2 rings (SSSR count). The van der Waals surface area contributed by atoms with Crippen molar-refractivity contribution < 1.29 is 4.74 Å². The van der Waals surface area contributed by atoms with E-state index in [0.29, 0.717) is 6.61 Å². The predicted octanol–water partition coefficient (Wildman–Crippen LogP) is 2.49. The van der Waals surface area contributed by atoms with Crippen LogP contribution in [0.5, 0.6) is 5.75 Å². The van der Waals surface area contributed by atoms with Gasteiger partial charge in [0, 0.05) is 6.42 Å². The van der Waals surface area contributed by atoms with Crippen LogP contribution in [0, 0.1) is 6.92 Å². The summed E-state index contributed by atoms with van der Waals surface area (Å²) in [5, 5.41) is 0. The summed E-state index contributed by atoms with van der Waals surface area (Å²) in [6.07, 6.45) is 0.968. The fraction of sp³-hybridized carbons (Fsp3) is 0.273. The van der Waals surface area contributed by atoms with Gasteiger partial charge in [-0.3, -0.25) is 0 Å². The maximum atomic E-state index is 5.52. The summed E-state index contributed by atoms with van der Waals surface area (Å²) in [4.78, 5) is 0. The zero-order chi connectivity index (χ0) is 8.55. The lowest BCUT2D eigenvalue weighted by Gasteiger charge is -2.19. The molecule has 62 valence electrons. The summed E-state index contributed by atoms with van der Waals surface area (Å²) in [6, 6.07) is 6.32. The number of aryl methyl sites for hydroxylation is 1. The Balaban J connectivity index is 2.43. The molecule has 0 unspecified atom stereocenters. The van der Waals surface area contributed by atoms with E-state index in [-0.39, 0.29) is 0 Å². The fourth-order valence-electron chi connectivity index (χ4n) is 1.44. The van der Waals surface area contributed by atoms with Crippen LogP contribution < -0.4 is 4.74 Å². The first kappa shape index (κ1) is 7.41. The number of benzene rings is 1. The minimum Gasteiger partial charge on any atom is -0.489 e. The van der Waals surface area contributed by atoms with Gasteiger partial charge in [-0.25, -0.2) is 0 Å². The van der Waals surface area contributed by atoms with Crippen molar-refractivity contribution in [2.24, 2.45) is 0 Å². The van der Waals surface area contributed by atoms with E-state index in [2.05, 4.69) is 31.7 Å². The average Bonchev–Trinajstić information content (AvgIpc) is 2.05. The molecule has 1 aliphatic rings. The van der Waals surface area contributed by atoms with Gasteiger partial charge in [0.1, 0.15) is 12.4 Å². The van der Waals surface area contributed by atoms with Gasteiger partial charge in [-0.1, -0.05) is 18.7 Å². The summed E-state index contributed by atoms with van der Waals surface area (Å²) < 4.78 is 5.52. The molecule has 0 saturated heterocycles. The molecule has 1 heterocycles. The van der Waals surface area contributed by atoms with E-state index in [0.717, 1.165) is 17.7 Å². The Morgan fingerprint density at radius 3 is 3.08 bits per heavy atom. The Labute approximate surface area is 72.7 Å². The lowest BCUT2D eigenvalue weighted by molar-refractivity contribution is 0.332. The summed E-state index contributed by atoms with van der Waals surface area (Å²) in [6.45, 7) is 6.66.